The third-order valence-electron chi connectivity index (χ3n) is 5.48. The van der Waals surface area contributed by atoms with E-state index in [-0.39, 0.29) is 5.91 Å². The Hall–Kier alpha value is -2.24. The number of halogens is 1. The molecule has 6 heteroatoms. The van der Waals surface area contributed by atoms with E-state index in [1.165, 1.54) is 0 Å². The van der Waals surface area contributed by atoms with E-state index in [9.17, 15) is 4.79 Å². The summed E-state index contributed by atoms with van der Waals surface area (Å²) in [5.74, 6) is 0.0765. The maximum atomic E-state index is 13.2. The minimum atomic E-state index is 0.0765. The van der Waals surface area contributed by atoms with Crippen LogP contribution in [0.1, 0.15) is 28.9 Å². The largest absolute Gasteiger partial charge is 0.463 e. The standard InChI is InChI=1S/C21H24ClN3O2/c1-23(2)17-7-10-24(11-8-17)21(26)19-13-20-18(9-12-27-20)25(19)14-15-3-5-16(22)6-4-15/h3-6,9,12-13,17H,7-8,10-11,14H2,1-2H3. The fraction of sp³-hybridized carbons (Fsp3) is 0.381. The lowest BCUT2D eigenvalue weighted by Crippen LogP contribution is -2.44. The van der Waals surface area contributed by atoms with Gasteiger partial charge in [-0.1, -0.05) is 23.7 Å². The van der Waals surface area contributed by atoms with Crippen LogP contribution in [0.25, 0.3) is 11.1 Å². The normalized spacial score (nSPS) is 15.8. The number of rotatable bonds is 4. The van der Waals surface area contributed by atoms with Gasteiger partial charge >= 0.3 is 0 Å². The van der Waals surface area contributed by atoms with Crippen molar-refractivity contribution < 1.29 is 9.21 Å². The Kier molecular flexibility index (Phi) is 4.98. The summed E-state index contributed by atoms with van der Waals surface area (Å²) >= 11 is 6.00. The van der Waals surface area contributed by atoms with Crippen molar-refractivity contribution in [3.8, 4) is 0 Å². The highest BCUT2D eigenvalue weighted by Crippen LogP contribution is 2.25. The Morgan fingerprint density at radius 3 is 2.56 bits per heavy atom. The summed E-state index contributed by atoms with van der Waals surface area (Å²) in [7, 11) is 4.21. The summed E-state index contributed by atoms with van der Waals surface area (Å²) in [6.07, 6.45) is 3.68. The van der Waals surface area contributed by atoms with Crippen LogP contribution < -0.4 is 0 Å². The molecule has 5 nitrogen and oxygen atoms in total. The van der Waals surface area contributed by atoms with Crippen molar-refractivity contribution in [1.29, 1.82) is 0 Å². The van der Waals surface area contributed by atoms with Gasteiger partial charge in [-0.05, 0) is 44.6 Å². The summed E-state index contributed by atoms with van der Waals surface area (Å²) in [6, 6.07) is 12.1. The Morgan fingerprint density at radius 2 is 1.89 bits per heavy atom. The summed E-state index contributed by atoms with van der Waals surface area (Å²) in [5.41, 5.74) is 3.47. The maximum Gasteiger partial charge on any atom is 0.270 e. The van der Waals surface area contributed by atoms with Crippen molar-refractivity contribution in [2.45, 2.75) is 25.4 Å². The fourth-order valence-corrected chi connectivity index (χ4v) is 3.97. The molecule has 0 bridgehead atoms. The lowest BCUT2D eigenvalue weighted by molar-refractivity contribution is 0.0653. The number of benzene rings is 1. The van der Waals surface area contributed by atoms with E-state index in [0.717, 1.165) is 42.6 Å². The van der Waals surface area contributed by atoms with Crippen LogP contribution in [0.15, 0.2) is 47.1 Å². The number of carbonyl (C=O) groups excluding carboxylic acids is 1. The highest BCUT2D eigenvalue weighted by atomic mass is 35.5. The molecule has 1 aliphatic heterocycles. The van der Waals surface area contributed by atoms with Crippen LogP contribution in [0, 0.1) is 0 Å². The maximum absolute atomic E-state index is 13.2. The first kappa shape index (κ1) is 18.1. The van der Waals surface area contributed by atoms with Crippen LogP contribution in [0.4, 0.5) is 0 Å². The van der Waals surface area contributed by atoms with Crippen molar-refractivity contribution in [3.63, 3.8) is 0 Å². The minimum Gasteiger partial charge on any atom is -0.463 e. The molecule has 3 heterocycles. The summed E-state index contributed by atoms with van der Waals surface area (Å²) in [4.78, 5) is 17.5. The zero-order valence-electron chi connectivity index (χ0n) is 15.7. The van der Waals surface area contributed by atoms with E-state index in [4.69, 9.17) is 16.0 Å². The average molecular weight is 386 g/mol. The molecule has 0 N–H and O–H groups in total. The van der Waals surface area contributed by atoms with Crippen LogP contribution in [-0.2, 0) is 6.54 Å². The van der Waals surface area contributed by atoms with Crippen molar-refractivity contribution in [1.82, 2.24) is 14.4 Å². The van der Waals surface area contributed by atoms with Crippen LogP contribution in [0.3, 0.4) is 0 Å². The molecule has 0 saturated carbocycles. The van der Waals surface area contributed by atoms with E-state index in [0.29, 0.717) is 23.3 Å². The van der Waals surface area contributed by atoms with Gasteiger partial charge in [0.1, 0.15) is 5.69 Å². The molecule has 0 spiro atoms. The average Bonchev–Trinajstić information content (AvgIpc) is 3.25. The molecule has 1 aliphatic rings. The van der Waals surface area contributed by atoms with Gasteiger partial charge in [-0.25, -0.2) is 0 Å². The second-order valence-electron chi connectivity index (χ2n) is 7.40. The minimum absolute atomic E-state index is 0.0765. The van der Waals surface area contributed by atoms with Gasteiger partial charge in [0.2, 0.25) is 0 Å². The molecule has 4 rings (SSSR count). The molecule has 1 aromatic carbocycles. The van der Waals surface area contributed by atoms with E-state index in [2.05, 4.69) is 19.0 Å². The fourth-order valence-electron chi connectivity index (χ4n) is 3.84. The van der Waals surface area contributed by atoms with Crippen LogP contribution in [-0.4, -0.2) is 53.5 Å². The first-order chi connectivity index (χ1) is 13.0. The molecule has 142 valence electrons. The number of carbonyl (C=O) groups is 1. The highest BCUT2D eigenvalue weighted by Gasteiger charge is 2.27. The lowest BCUT2D eigenvalue weighted by atomic mass is 10.0. The second-order valence-corrected chi connectivity index (χ2v) is 7.84. The number of furan rings is 1. The van der Waals surface area contributed by atoms with Crippen molar-refractivity contribution >= 4 is 28.6 Å². The Balaban J connectivity index is 1.60. The van der Waals surface area contributed by atoms with E-state index < -0.39 is 0 Å². The van der Waals surface area contributed by atoms with E-state index in [1.807, 2.05) is 45.9 Å². The summed E-state index contributed by atoms with van der Waals surface area (Å²) in [6.45, 7) is 2.18. The number of hydrogen-bond donors (Lipinski definition) is 0. The van der Waals surface area contributed by atoms with Gasteiger partial charge in [-0.3, -0.25) is 4.79 Å². The Bertz CT molecular complexity index is 934. The molecule has 0 atom stereocenters. The van der Waals surface area contributed by atoms with Gasteiger partial charge in [-0.15, -0.1) is 0 Å². The SMILES string of the molecule is CN(C)C1CCN(C(=O)c2cc3occc3n2Cc2ccc(Cl)cc2)CC1. The van der Waals surface area contributed by atoms with Crippen molar-refractivity contribution in [3.05, 3.63) is 58.9 Å². The molecule has 0 aliphatic carbocycles. The first-order valence-corrected chi connectivity index (χ1v) is 9.67. The van der Waals surface area contributed by atoms with Crippen LogP contribution >= 0.6 is 11.6 Å². The van der Waals surface area contributed by atoms with Gasteiger partial charge in [-0.2, -0.15) is 0 Å². The van der Waals surface area contributed by atoms with Crippen molar-refractivity contribution in [2.75, 3.05) is 27.2 Å². The predicted molar refractivity (Wildman–Crippen MR) is 107 cm³/mol. The van der Waals surface area contributed by atoms with E-state index >= 15 is 0 Å². The summed E-state index contributed by atoms with van der Waals surface area (Å²) in [5, 5.41) is 0.708. The molecule has 1 fully saturated rings. The number of aromatic nitrogens is 1. The highest BCUT2D eigenvalue weighted by molar-refractivity contribution is 6.30. The van der Waals surface area contributed by atoms with Gasteiger partial charge in [0, 0.05) is 42.8 Å². The quantitative estimate of drug-likeness (QED) is 0.678. The number of piperidine rings is 1. The van der Waals surface area contributed by atoms with Crippen molar-refractivity contribution in [2.24, 2.45) is 0 Å². The van der Waals surface area contributed by atoms with Crippen LogP contribution in [0.5, 0.6) is 0 Å². The van der Waals surface area contributed by atoms with E-state index in [1.54, 1.807) is 6.26 Å². The van der Waals surface area contributed by atoms with Gasteiger partial charge in [0.25, 0.3) is 5.91 Å². The Labute approximate surface area is 164 Å². The number of hydrogen-bond acceptors (Lipinski definition) is 3. The predicted octanol–water partition coefficient (Wildman–Crippen LogP) is 4.10. The third kappa shape index (κ3) is 3.62. The molecule has 0 unspecified atom stereocenters. The van der Waals surface area contributed by atoms with Gasteiger partial charge in [0.15, 0.2) is 5.58 Å². The Morgan fingerprint density at radius 1 is 1.19 bits per heavy atom. The summed E-state index contributed by atoms with van der Waals surface area (Å²) < 4.78 is 7.61. The molecule has 27 heavy (non-hydrogen) atoms. The molecule has 0 radical (unpaired) electrons. The van der Waals surface area contributed by atoms with Gasteiger partial charge < -0.3 is 18.8 Å². The zero-order valence-corrected chi connectivity index (χ0v) is 16.4. The first-order valence-electron chi connectivity index (χ1n) is 9.30. The smallest absolute Gasteiger partial charge is 0.270 e. The molecular formula is C21H24ClN3O2. The molecule has 2 aromatic heterocycles. The monoisotopic (exact) mass is 385 g/mol. The number of amides is 1. The zero-order chi connectivity index (χ0) is 19.0. The third-order valence-corrected chi connectivity index (χ3v) is 5.73. The number of nitrogens with zero attached hydrogens (tertiary/aromatic N) is 3. The topological polar surface area (TPSA) is 41.6 Å². The second kappa shape index (κ2) is 7.41. The molecule has 1 saturated heterocycles. The number of likely N-dealkylation sites (tertiary alicyclic amines) is 1. The van der Waals surface area contributed by atoms with Crippen LogP contribution in [0.2, 0.25) is 5.02 Å². The van der Waals surface area contributed by atoms with Gasteiger partial charge in [0.05, 0.1) is 11.8 Å². The molecule has 1 amide bonds. The molecular weight excluding hydrogens is 362 g/mol. The number of fused-ring (bicyclic) bond motifs is 1. The lowest BCUT2D eigenvalue weighted by Gasteiger charge is -2.35. The molecule has 3 aromatic rings.